The molecule has 0 saturated carbocycles. The lowest BCUT2D eigenvalue weighted by molar-refractivity contribution is -0.150. The van der Waals surface area contributed by atoms with Crippen molar-refractivity contribution >= 4 is 17.8 Å². The number of carbonyl (C=O) groups excluding carboxylic acids is 2. The first-order valence-electron chi connectivity index (χ1n) is 22.2. The number of carboxylic acids is 1. The summed E-state index contributed by atoms with van der Waals surface area (Å²) in [5, 5.41) is 11.9. The molecule has 7 nitrogen and oxygen atoms in total. The summed E-state index contributed by atoms with van der Waals surface area (Å²) in [5.41, 5.74) is 5.48. The number of rotatable bonds is 40. The van der Waals surface area contributed by atoms with Crippen molar-refractivity contribution in [1.29, 1.82) is 0 Å². The fourth-order valence-electron chi connectivity index (χ4n) is 6.62. The topological polar surface area (TPSA) is 119 Å². The number of unbranched alkanes of at least 4 members (excludes halogenated alkanes) is 22. The van der Waals surface area contributed by atoms with Crippen molar-refractivity contribution in [3.63, 3.8) is 0 Å². The van der Waals surface area contributed by atoms with E-state index < -0.39 is 12.0 Å². The van der Waals surface area contributed by atoms with E-state index in [9.17, 15) is 19.5 Å². The maximum atomic E-state index is 12.8. The zero-order valence-corrected chi connectivity index (χ0v) is 34.2. The molecule has 304 valence electrons. The van der Waals surface area contributed by atoms with Crippen molar-refractivity contribution in [1.82, 2.24) is 5.32 Å². The monoisotopic (exact) mass is 733 g/mol. The first-order valence-corrected chi connectivity index (χ1v) is 22.2. The van der Waals surface area contributed by atoms with E-state index in [0.717, 1.165) is 70.6 Å². The Balaban J connectivity index is 4.37. The minimum atomic E-state index is -1.01. The van der Waals surface area contributed by atoms with Crippen LogP contribution >= 0.6 is 0 Å². The van der Waals surface area contributed by atoms with Crippen molar-refractivity contribution in [2.45, 2.75) is 238 Å². The minimum Gasteiger partial charge on any atom is -0.480 e. The van der Waals surface area contributed by atoms with E-state index in [0.29, 0.717) is 32.2 Å². The Hall–Kier alpha value is -2.15. The van der Waals surface area contributed by atoms with Crippen molar-refractivity contribution in [2.75, 3.05) is 6.54 Å². The molecule has 52 heavy (non-hydrogen) atoms. The van der Waals surface area contributed by atoms with Crippen molar-refractivity contribution in [3.8, 4) is 0 Å². The third-order valence-corrected chi connectivity index (χ3v) is 9.99. The second-order valence-electron chi connectivity index (χ2n) is 15.1. The predicted octanol–water partition coefficient (Wildman–Crippen LogP) is 12.5. The van der Waals surface area contributed by atoms with Crippen LogP contribution in [-0.2, 0) is 19.1 Å². The molecule has 7 heteroatoms. The highest BCUT2D eigenvalue weighted by Gasteiger charge is 2.19. The first-order chi connectivity index (χ1) is 25.4. The number of carbonyl (C=O) groups is 3. The normalized spacial score (nSPS) is 12.8. The van der Waals surface area contributed by atoms with Crippen molar-refractivity contribution in [2.24, 2.45) is 5.73 Å². The molecule has 0 aliphatic heterocycles. The number of ether oxygens (including phenoxy) is 1. The first kappa shape index (κ1) is 49.9. The zero-order valence-electron chi connectivity index (χ0n) is 34.2. The number of allylic oxidation sites excluding steroid dienone is 4. The maximum absolute atomic E-state index is 12.8. The summed E-state index contributed by atoms with van der Waals surface area (Å²) in [6, 6.07) is -0.858. The molecule has 0 spiro atoms. The van der Waals surface area contributed by atoms with Gasteiger partial charge in [-0.1, -0.05) is 141 Å². The molecular formula is C45H84N2O5. The highest BCUT2D eigenvalue weighted by atomic mass is 16.5. The number of nitrogens with two attached hydrogens (primary N) is 1. The summed E-state index contributed by atoms with van der Waals surface area (Å²) < 4.78 is 6.03. The molecule has 0 aromatic rings. The van der Waals surface area contributed by atoms with Gasteiger partial charge in [-0.3, -0.25) is 9.59 Å². The number of aliphatic carboxylic acids is 1. The van der Waals surface area contributed by atoms with E-state index in [2.05, 4.69) is 43.5 Å². The minimum absolute atomic E-state index is 0.0189. The van der Waals surface area contributed by atoms with Gasteiger partial charge in [-0.25, -0.2) is 4.79 Å². The van der Waals surface area contributed by atoms with Crippen LogP contribution in [0.15, 0.2) is 24.3 Å². The molecule has 2 unspecified atom stereocenters. The fraction of sp³-hybridized carbons (Fsp3) is 0.844. The molecule has 2 atom stereocenters. The Morgan fingerprint density at radius 2 is 0.962 bits per heavy atom. The van der Waals surface area contributed by atoms with Crippen LogP contribution in [0.2, 0.25) is 0 Å². The van der Waals surface area contributed by atoms with Gasteiger partial charge in [0.25, 0.3) is 0 Å². The maximum Gasteiger partial charge on any atom is 0.326 e. The second kappa shape index (κ2) is 40.0. The highest BCUT2D eigenvalue weighted by Crippen LogP contribution is 2.18. The average molecular weight is 733 g/mol. The Labute approximate surface area is 321 Å². The SMILES string of the molecule is CCCCCC/C=C\CCCCCCCC(=O)OC(CCC/C=C\CCCCCCCCCC)CCCCCCCC(=O)NC(CCCN)C(=O)O. The van der Waals surface area contributed by atoms with Crippen LogP contribution in [0.4, 0.5) is 0 Å². The van der Waals surface area contributed by atoms with Gasteiger partial charge in [-0.2, -0.15) is 0 Å². The largest absolute Gasteiger partial charge is 0.480 e. The summed E-state index contributed by atoms with van der Waals surface area (Å²) in [6.45, 7) is 4.93. The number of amides is 1. The Kier molecular flexibility index (Phi) is 38.4. The van der Waals surface area contributed by atoms with E-state index in [4.69, 9.17) is 10.5 Å². The quantitative estimate of drug-likeness (QED) is 0.0328. The van der Waals surface area contributed by atoms with E-state index in [-0.39, 0.29) is 18.0 Å². The molecule has 0 rings (SSSR count). The second-order valence-corrected chi connectivity index (χ2v) is 15.1. The van der Waals surface area contributed by atoms with Crippen LogP contribution in [0.3, 0.4) is 0 Å². The summed E-state index contributed by atoms with van der Waals surface area (Å²) in [7, 11) is 0. The lowest BCUT2D eigenvalue weighted by Gasteiger charge is -2.18. The molecule has 0 aliphatic rings. The third-order valence-electron chi connectivity index (χ3n) is 9.99. The van der Waals surface area contributed by atoms with Gasteiger partial charge in [-0.05, 0) is 103 Å². The van der Waals surface area contributed by atoms with Gasteiger partial charge in [0, 0.05) is 12.8 Å². The number of carboxylic acid groups (broad SMARTS) is 1. The predicted molar refractivity (Wildman–Crippen MR) is 220 cm³/mol. The van der Waals surface area contributed by atoms with Crippen molar-refractivity contribution < 1.29 is 24.2 Å². The molecule has 0 heterocycles. The summed E-state index contributed by atoms with van der Waals surface area (Å²) >= 11 is 0. The smallest absolute Gasteiger partial charge is 0.326 e. The Morgan fingerprint density at radius 1 is 0.538 bits per heavy atom. The fourth-order valence-corrected chi connectivity index (χ4v) is 6.62. The Morgan fingerprint density at radius 3 is 1.48 bits per heavy atom. The van der Waals surface area contributed by atoms with E-state index in [1.165, 1.54) is 116 Å². The summed E-state index contributed by atoms with van der Waals surface area (Å²) in [5.74, 6) is -1.25. The van der Waals surface area contributed by atoms with Gasteiger partial charge in [0.15, 0.2) is 0 Å². The van der Waals surface area contributed by atoms with Gasteiger partial charge in [0.1, 0.15) is 12.1 Å². The van der Waals surface area contributed by atoms with Gasteiger partial charge >= 0.3 is 11.9 Å². The van der Waals surface area contributed by atoms with Crippen molar-refractivity contribution in [3.05, 3.63) is 24.3 Å². The van der Waals surface area contributed by atoms with E-state index in [1.54, 1.807) is 0 Å². The van der Waals surface area contributed by atoms with Crippen LogP contribution in [0, 0.1) is 0 Å². The number of nitrogens with one attached hydrogen (secondary N) is 1. The van der Waals surface area contributed by atoms with Crippen LogP contribution < -0.4 is 11.1 Å². The summed E-state index contributed by atoms with van der Waals surface area (Å²) in [4.78, 5) is 36.4. The molecule has 4 N–H and O–H groups in total. The van der Waals surface area contributed by atoms with Crippen LogP contribution in [-0.4, -0.2) is 41.6 Å². The standard InChI is InChI=1S/C45H84N2O5/c1-3-5-7-9-11-13-15-17-19-21-23-26-30-35-41(36-31-27-25-28-32-38-43(48)47-42(45(50)51)37-34-40-46)52-44(49)39-33-29-24-22-20-18-16-14-12-10-8-6-4-2/h14,16,21,23,41-42H,3-13,15,17-20,22,24-40,46H2,1-2H3,(H,47,48)(H,50,51)/b16-14-,23-21-. The molecular weight excluding hydrogens is 649 g/mol. The van der Waals surface area contributed by atoms with Crippen LogP contribution in [0.5, 0.6) is 0 Å². The summed E-state index contributed by atoms with van der Waals surface area (Å²) in [6.07, 6.45) is 45.0. The Bertz CT molecular complexity index is 874. The third kappa shape index (κ3) is 36.2. The van der Waals surface area contributed by atoms with Gasteiger partial charge in [0.2, 0.25) is 5.91 Å². The number of hydrogen-bond donors (Lipinski definition) is 3. The van der Waals surface area contributed by atoms with Crippen LogP contribution in [0.25, 0.3) is 0 Å². The molecule has 1 amide bonds. The van der Waals surface area contributed by atoms with Gasteiger partial charge < -0.3 is 20.9 Å². The zero-order chi connectivity index (χ0) is 38.2. The van der Waals surface area contributed by atoms with Gasteiger partial charge in [0.05, 0.1) is 0 Å². The number of hydrogen-bond acceptors (Lipinski definition) is 5. The molecule has 0 aromatic heterocycles. The highest BCUT2D eigenvalue weighted by molar-refractivity contribution is 5.83. The average Bonchev–Trinajstić information content (AvgIpc) is 3.13. The van der Waals surface area contributed by atoms with Gasteiger partial charge in [-0.15, -0.1) is 0 Å². The van der Waals surface area contributed by atoms with E-state index in [1.807, 2.05) is 0 Å². The molecule has 0 bridgehead atoms. The van der Waals surface area contributed by atoms with Crippen LogP contribution in [0.1, 0.15) is 226 Å². The van der Waals surface area contributed by atoms with E-state index >= 15 is 0 Å². The number of esters is 1. The molecule has 0 aliphatic carbocycles. The lowest BCUT2D eigenvalue weighted by Crippen LogP contribution is -2.40. The molecule has 0 saturated heterocycles. The molecule has 0 aromatic carbocycles. The lowest BCUT2D eigenvalue weighted by atomic mass is 10.0. The molecule has 0 fully saturated rings. The molecule has 0 radical (unpaired) electrons.